The van der Waals surface area contributed by atoms with Gasteiger partial charge < -0.3 is 5.32 Å². The molecule has 0 bridgehead atoms. The van der Waals surface area contributed by atoms with Crippen LogP contribution in [-0.2, 0) is 0 Å². The van der Waals surface area contributed by atoms with Crippen LogP contribution in [0.3, 0.4) is 0 Å². The predicted octanol–water partition coefficient (Wildman–Crippen LogP) is 3.78. The van der Waals surface area contributed by atoms with Crippen LogP contribution in [-0.4, -0.2) is 10.8 Å². The number of benzene rings is 2. The van der Waals surface area contributed by atoms with E-state index in [9.17, 15) is 23.7 Å². The maximum atomic E-state index is 13.0. The van der Waals surface area contributed by atoms with Gasteiger partial charge in [0, 0.05) is 23.4 Å². The summed E-state index contributed by atoms with van der Waals surface area (Å²) in [5.74, 6) is -2.38. The quantitative estimate of drug-likeness (QED) is 0.692. The van der Waals surface area contributed by atoms with Gasteiger partial charge in [-0.15, -0.1) is 0 Å². The fraction of sp³-hybridized carbons (Fsp3) is 0. The van der Waals surface area contributed by atoms with E-state index in [4.69, 9.17) is 11.6 Å². The van der Waals surface area contributed by atoms with Gasteiger partial charge in [0.15, 0.2) is 0 Å². The predicted molar refractivity (Wildman–Crippen MR) is 72.4 cm³/mol. The lowest BCUT2D eigenvalue weighted by atomic mass is 10.2. The minimum Gasteiger partial charge on any atom is -0.322 e. The van der Waals surface area contributed by atoms with Crippen molar-refractivity contribution in [3.8, 4) is 0 Å². The Bertz CT molecular complexity index is 717. The Morgan fingerprint density at radius 2 is 1.76 bits per heavy atom. The van der Waals surface area contributed by atoms with Crippen molar-refractivity contribution in [3.05, 3.63) is 68.7 Å². The molecule has 5 nitrogen and oxygen atoms in total. The summed E-state index contributed by atoms with van der Waals surface area (Å²) >= 11 is 5.68. The zero-order valence-corrected chi connectivity index (χ0v) is 11.0. The molecule has 0 unspecified atom stereocenters. The maximum absolute atomic E-state index is 13.0. The van der Waals surface area contributed by atoms with E-state index in [2.05, 4.69) is 5.32 Å². The number of carbonyl (C=O) groups excluding carboxylic acids is 1. The number of nitro benzene ring substituents is 1. The van der Waals surface area contributed by atoms with Crippen LogP contribution in [0.15, 0.2) is 36.4 Å². The van der Waals surface area contributed by atoms with E-state index in [1.807, 2.05) is 0 Å². The van der Waals surface area contributed by atoms with Gasteiger partial charge in [-0.3, -0.25) is 14.9 Å². The Kier molecular flexibility index (Phi) is 4.13. The molecule has 21 heavy (non-hydrogen) atoms. The molecule has 0 aromatic heterocycles. The molecule has 2 aromatic rings. The van der Waals surface area contributed by atoms with Gasteiger partial charge in [0.2, 0.25) is 0 Å². The molecule has 0 radical (unpaired) electrons. The number of nitrogens with zero attached hydrogens (tertiary/aromatic N) is 1. The smallest absolute Gasteiger partial charge is 0.287 e. The van der Waals surface area contributed by atoms with Gasteiger partial charge >= 0.3 is 0 Å². The molecule has 2 aromatic carbocycles. The zero-order valence-electron chi connectivity index (χ0n) is 10.3. The number of halogens is 3. The van der Waals surface area contributed by atoms with Crippen LogP contribution in [0.4, 0.5) is 20.2 Å². The zero-order chi connectivity index (χ0) is 15.6. The number of amides is 1. The van der Waals surface area contributed by atoms with Crippen molar-refractivity contribution in [3.63, 3.8) is 0 Å². The van der Waals surface area contributed by atoms with E-state index in [1.54, 1.807) is 0 Å². The lowest BCUT2D eigenvalue weighted by Gasteiger charge is -2.06. The summed E-state index contributed by atoms with van der Waals surface area (Å²) in [5, 5.41) is 12.7. The number of hydrogen-bond donors (Lipinski definition) is 1. The van der Waals surface area contributed by atoms with Crippen LogP contribution in [0.25, 0.3) is 0 Å². The summed E-state index contributed by atoms with van der Waals surface area (Å²) in [6, 6.07) is 5.91. The summed E-state index contributed by atoms with van der Waals surface area (Å²) in [7, 11) is 0. The first-order valence-electron chi connectivity index (χ1n) is 5.58. The highest BCUT2D eigenvalue weighted by Gasteiger charge is 2.15. The monoisotopic (exact) mass is 312 g/mol. The van der Waals surface area contributed by atoms with Gasteiger partial charge in [-0.25, -0.2) is 8.78 Å². The standard InChI is InChI=1S/C13H7ClF2N2O3/c14-11-3-7(1-2-12(11)18(20)21)13(19)17-10-5-8(15)4-9(16)6-10/h1-6H,(H,17,19). The Morgan fingerprint density at radius 3 is 2.29 bits per heavy atom. The molecular formula is C13H7ClF2N2O3. The third kappa shape index (κ3) is 3.51. The first-order valence-corrected chi connectivity index (χ1v) is 5.96. The van der Waals surface area contributed by atoms with Gasteiger partial charge in [0.05, 0.1) is 4.92 Å². The molecule has 8 heteroatoms. The van der Waals surface area contributed by atoms with E-state index < -0.39 is 22.5 Å². The first-order chi connectivity index (χ1) is 9.86. The summed E-state index contributed by atoms with van der Waals surface area (Å²) in [6.45, 7) is 0. The van der Waals surface area contributed by atoms with Crippen LogP contribution >= 0.6 is 11.6 Å². The summed E-state index contributed by atoms with van der Waals surface area (Å²) in [5.41, 5.74) is -0.396. The van der Waals surface area contributed by atoms with Crippen molar-refractivity contribution in [1.29, 1.82) is 0 Å². The molecule has 1 N–H and O–H groups in total. The second-order valence-electron chi connectivity index (χ2n) is 4.04. The van der Waals surface area contributed by atoms with Crippen LogP contribution in [0.5, 0.6) is 0 Å². The van der Waals surface area contributed by atoms with Gasteiger partial charge in [0.25, 0.3) is 11.6 Å². The molecule has 2 rings (SSSR count). The summed E-state index contributed by atoms with van der Waals surface area (Å²) in [4.78, 5) is 21.8. The highest BCUT2D eigenvalue weighted by molar-refractivity contribution is 6.33. The SMILES string of the molecule is O=C(Nc1cc(F)cc(F)c1)c1ccc([N+](=O)[O-])c(Cl)c1. The van der Waals surface area contributed by atoms with E-state index in [0.29, 0.717) is 6.07 Å². The summed E-state index contributed by atoms with van der Waals surface area (Å²) < 4.78 is 26.0. The molecule has 0 spiro atoms. The minimum atomic E-state index is -0.841. The van der Waals surface area contributed by atoms with Crippen LogP contribution in [0, 0.1) is 21.7 Å². The van der Waals surface area contributed by atoms with Crippen LogP contribution in [0.2, 0.25) is 5.02 Å². The van der Waals surface area contributed by atoms with Gasteiger partial charge in [-0.05, 0) is 24.3 Å². The van der Waals surface area contributed by atoms with Crippen LogP contribution < -0.4 is 5.32 Å². The normalized spacial score (nSPS) is 10.2. The maximum Gasteiger partial charge on any atom is 0.287 e. The molecule has 0 fully saturated rings. The number of anilines is 1. The second kappa shape index (κ2) is 5.84. The topological polar surface area (TPSA) is 72.2 Å². The molecule has 0 aliphatic rings. The molecule has 1 amide bonds. The van der Waals surface area contributed by atoms with Gasteiger partial charge in [0.1, 0.15) is 16.7 Å². The molecular weight excluding hydrogens is 306 g/mol. The Balaban J connectivity index is 2.24. The first kappa shape index (κ1) is 14.9. The van der Waals surface area contributed by atoms with Gasteiger partial charge in [-0.2, -0.15) is 0 Å². The molecule has 0 saturated carbocycles. The molecule has 0 atom stereocenters. The Morgan fingerprint density at radius 1 is 1.14 bits per heavy atom. The van der Waals surface area contributed by atoms with Gasteiger partial charge in [-0.1, -0.05) is 11.6 Å². The fourth-order valence-corrected chi connectivity index (χ4v) is 1.88. The lowest BCUT2D eigenvalue weighted by Crippen LogP contribution is -2.12. The van der Waals surface area contributed by atoms with Crippen molar-refractivity contribution in [1.82, 2.24) is 0 Å². The highest BCUT2D eigenvalue weighted by atomic mass is 35.5. The van der Waals surface area contributed by atoms with Crippen LogP contribution in [0.1, 0.15) is 10.4 Å². The number of hydrogen-bond acceptors (Lipinski definition) is 3. The molecule has 0 aliphatic heterocycles. The van der Waals surface area contributed by atoms with E-state index in [-0.39, 0.29) is 22.0 Å². The average molecular weight is 313 g/mol. The number of nitro groups is 1. The third-order valence-corrected chi connectivity index (χ3v) is 2.83. The number of rotatable bonds is 3. The van der Waals surface area contributed by atoms with Crippen molar-refractivity contribution in [2.75, 3.05) is 5.32 Å². The molecule has 0 aliphatic carbocycles. The van der Waals surface area contributed by atoms with E-state index in [1.165, 1.54) is 6.07 Å². The Labute approximate surface area is 122 Å². The third-order valence-electron chi connectivity index (χ3n) is 2.53. The van der Waals surface area contributed by atoms with Crippen molar-refractivity contribution in [2.24, 2.45) is 0 Å². The average Bonchev–Trinajstić information content (AvgIpc) is 2.36. The van der Waals surface area contributed by atoms with Crippen molar-refractivity contribution in [2.45, 2.75) is 0 Å². The second-order valence-corrected chi connectivity index (χ2v) is 4.44. The fourth-order valence-electron chi connectivity index (χ4n) is 1.63. The highest BCUT2D eigenvalue weighted by Crippen LogP contribution is 2.25. The minimum absolute atomic E-state index is 0.0234. The molecule has 108 valence electrons. The van der Waals surface area contributed by atoms with E-state index >= 15 is 0 Å². The van der Waals surface area contributed by atoms with E-state index in [0.717, 1.165) is 24.3 Å². The molecule has 0 heterocycles. The number of carbonyl (C=O) groups is 1. The largest absolute Gasteiger partial charge is 0.322 e. The summed E-state index contributed by atoms with van der Waals surface area (Å²) in [6.07, 6.45) is 0. The Hall–Kier alpha value is -2.54. The lowest BCUT2D eigenvalue weighted by molar-refractivity contribution is -0.384. The number of nitrogens with one attached hydrogen (secondary N) is 1. The van der Waals surface area contributed by atoms with Crippen molar-refractivity contribution < 1.29 is 18.5 Å². The van der Waals surface area contributed by atoms with Crippen molar-refractivity contribution >= 4 is 28.9 Å². The molecule has 0 saturated heterocycles.